The zero-order chi connectivity index (χ0) is 13.5. The molecule has 0 amide bonds. The maximum atomic E-state index is 11.0. The van der Waals surface area contributed by atoms with Gasteiger partial charge < -0.3 is 10.0 Å². The Bertz CT molecular complexity index is 327. The van der Waals surface area contributed by atoms with Gasteiger partial charge in [-0.3, -0.25) is 0 Å². The Morgan fingerprint density at radius 2 is 1.94 bits per heavy atom. The number of carbonyl (C=O) groups is 1. The third kappa shape index (κ3) is 4.21. The minimum Gasteiger partial charge on any atom is -0.478 e. The zero-order valence-corrected chi connectivity index (χ0v) is 11.7. The fourth-order valence-electron chi connectivity index (χ4n) is 2.40. The molecule has 0 radical (unpaired) electrons. The molecule has 0 saturated carbocycles. The normalized spacial score (nSPS) is 20.4. The second kappa shape index (κ2) is 7.24. The van der Waals surface area contributed by atoms with E-state index in [0.29, 0.717) is 5.92 Å². The molecule has 102 valence electrons. The molecule has 1 saturated heterocycles. The number of likely N-dealkylation sites (tertiary alicyclic amines) is 1. The van der Waals surface area contributed by atoms with E-state index in [0.717, 1.165) is 25.2 Å². The van der Waals surface area contributed by atoms with Crippen molar-refractivity contribution in [1.82, 2.24) is 4.90 Å². The first-order chi connectivity index (χ1) is 8.56. The standard InChI is InChI=1S/C15H25NO2/c1-4-5-8-12(2)13(3)14(11-15(17)18)16-9-6-7-10-16/h5,8,11-13H,4,6-7,9-10H2,1-3H3,(H,17,18)/b8-5+,14-11-/t12-,13-/m1/s1. The minimum absolute atomic E-state index is 0.252. The highest BCUT2D eigenvalue weighted by molar-refractivity contribution is 5.80. The molecule has 1 rings (SSSR count). The van der Waals surface area contributed by atoms with Gasteiger partial charge in [0.1, 0.15) is 0 Å². The summed E-state index contributed by atoms with van der Waals surface area (Å²) in [4.78, 5) is 13.2. The summed E-state index contributed by atoms with van der Waals surface area (Å²) in [5.74, 6) is -0.214. The van der Waals surface area contributed by atoms with E-state index < -0.39 is 5.97 Å². The highest BCUT2D eigenvalue weighted by Crippen LogP contribution is 2.27. The van der Waals surface area contributed by atoms with Crippen molar-refractivity contribution in [2.75, 3.05) is 13.1 Å². The van der Waals surface area contributed by atoms with Gasteiger partial charge in [-0.15, -0.1) is 0 Å². The van der Waals surface area contributed by atoms with Crippen LogP contribution in [0, 0.1) is 11.8 Å². The van der Waals surface area contributed by atoms with Crippen LogP contribution < -0.4 is 0 Å². The van der Waals surface area contributed by atoms with Crippen molar-refractivity contribution in [2.45, 2.75) is 40.0 Å². The highest BCUT2D eigenvalue weighted by atomic mass is 16.4. The van der Waals surface area contributed by atoms with Crippen LogP contribution in [0.2, 0.25) is 0 Å². The van der Waals surface area contributed by atoms with Gasteiger partial charge in [0.25, 0.3) is 0 Å². The summed E-state index contributed by atoms with van der Waals surface area (Å²) in [5, 5.41) is 9.03. The molecule has 0 bridgehead atoms. The monoisotopic (exact) mass is 251 g/mol. The van der Waals surface area contributed by atoms with Crippen molar-refractivity contribution < 1.29 is 9.90 Å². The van der Waals surface area contributed by atoms with E-state index in [1.165, 1.54) is 18.9 Å². The quantitative estimate of drug-likeness (QED) is 0.581. The lowest BCUT2D eigenvalue weighted by atomic mass is 9.91. The topological polar surface area (TPSA) is 40.5 Å². The van der Waals surface area contributed by atoms with Gasteiger partial charge in [-0.25, -0.2) is 4.79 Å². The number of aliphatic carboxylic acids is 1. The van der Waals surface area contributed by atoms with E-state index in [-0.39, 0.29) is 5.92 Å². The van der Waals surface area contributed by atoms with Crippen LogP contribution in [-0.4, -0.2) is 29.1 Å². The lowest BCUT2D eigenvalue weighted by molar-refractivity contribution is -0.131. The second-order valence-corrected chi connectivity index (χ2v) is 5.09. The SMILES string of the molecule is CC/C=C/[C@@H](C)[C@@H](C)/C(=C/C(=O)O)N1CCCC1. The molecule has 1 aliphatic rings. The van der Waals surface area contributed by atoms with E-state index in [9.17, 15) is 4.79 Å². The molecule has 18 heavy (non-hydrogen) atoms. The van der Waals surface area contributed by atoms with Gasteiger partial charge in [0.05, 0.1) is 0 Å². The van der Waals surface area contributed by atoms with Crippen molar-refractivity contribution >= 4 is 5.97 Å². The molecular formula is C15H25NO2. The predicted molar refractivity (Wildman–Crippen MR) is 74.3 cm³/mol. The van der Waals surface area contributed by atoms with E-state index in [1.807, 2.05) is 0 Å². The van der Waals surface area contributed by atoms with Gasteiger partial charge in [0.2, 0.25) is 0 Å². The molecule has 0 unspecified atom stereocenters. The van der Waals surface area contributed by atoms with Crippen molar-refractivity contribution in [3.05, 3.63) is 23.9 Å². The molecule has 0 spiro atoms. The molecule has 3 heteroatoms. The molecule has 0 aliphatic carbocycles. The lowest BCUT2D eigenvalue weighted by Gasteiger charge is -2.29. The van der Waals surface area contributed by atoms with Crippen molar-refractivity contribution in [1.29, 1.82) is 0 Å². The van der Waals surface area contributed by atoms with Crippen molar-refractivity contribution in [3.8, 4) is 0 Å². The summed E-state index contributed by atoms with van der Waals surface area (Å²) >= 11 is 0. The Hall–Kier alpha value is -1.25. The largest absolute Gasteiger partial charge is 0.478 e. The Morgan fingerprint density at radius 1 is 1.33 bits per heavy atom. The maximum Gasteiger partial charge on any atom is 0.330 e. The summed E-state index contributed by atoms with van der Waals surface area (Å²) in [5.41, 5.74) is 0.980. The van der Waals surface area contributed by atoms with Gasteiger partial charge in [-0.2, -0.15) is 0 Å². The molecule has 3 nitrogen and oxygen atoms in total. The molecule has 0 aromatic carbocycles. The highest BCUT2D eigenvalue weighted by Gasteiger charge is 2.23. The third-order valence-corrected chi connectivity index (χ3v) is 3.67. The van der Waals surface area contributed by atoms with Gasteiger partial charge >= 0.3 is 5.97 Å². The third-order valence-electron chi connectivity index (χ3n) is 3.67. The number of allylic oxidation sites excluding steroid dienone is 3. The summed E-state index contributed by atoms with van der Waals surface area (Å²) in [6, 6.07) is 0. The molecule has 1 fully saturated rings. The molecule has 2 atom stereocenters. The smallest absolute Gasteiger partial charge is 0.330 e. The fraction of sp³-hybridized carbons (Fsp3) is 0.667. The molecule has 1 N–H and O–H groups in total. The fourth-order valence-corrected chi connectivity index (χ4v) is 2.40. The Balaban J connectivity index is 2.81. The van der Waals surface area contributed by atoms with Gasteiger partial charge in [-0.1, -0.05) is 32.9 Å². The molecule has 1 heterocycles. The van der Waals surface area contributed by atoms with Crippen LogP contribution in [0.3, 0.4) is 0 Å². The van der Waals surface area contributed by atoms with E-state index in [4.69, 9.17) is 5.11 Å². The predicted octanol–water partition coefficient (Wildman–Crippen LogP) is 3.29. The first-order valence-electron chi connectivity index (χ1n) is 6.92. The Morgan fingerprint density at radius 3 is 2.44 bits per heavy atom. The molecular weight excluding hydrogens is 226 g/mol. The van der Waals surface area contributed by atoms with Crippen LogP contribution in [-0.2, 0) is 4.79 Å². The number of rotatable bonds is 6. The van der Waals surface area contributed by atoms with Crippen LogP contribution >= 0.6 is 0 Å². The molecule has 1 aliphatic heterocycles. The first-order valence-corrected chi connectivity index (χ1v) is 6.92. The average molecular weight is 251 g/mol. The summed E-state index contributed by atoms with van der Waals surface area (Å²) < 4.78 is 0. The van der Waals surface area contributed by atoms with Crippen LogP contribution in [0.5, 0.6) is 0 Å². The van der Waals surface area contributed by atoms with Crippen LogP contribution in [0.1, 0.15) is 40.0 Å². The average Bonchev–Trinajstić information content (AvgIpc) is 2.85. The second-order valence-electron chi connectivity index (χ2n) is 5.09. The van der Waals surface area contributed by atoms with Crippen LogP contribution in [0.4, 0.5) is 0 Å². The van der Waals surface area contributed by atoms with Gasteiger partial charge in [-0.05, 0) is 25.2 Å². The Labute approximate surface area is 110 Å². The van der Waals surface area contributed by atoms with Crippen LogP contribution in [0.25, 0.3) is 0 Å². The van der Waals surface area contributed by atoms with E-state index in [1.54, 1.807) is 0 Å². The van der Waals surface area contributed by atoms with E-state index >= 15 is 0 Å². The van der Waals surface area contributed by atoms with Gasteiger partial charge in [0, 0.05) is 30.8 Å². The minimum atomic E-state index is -0.838. The first kappa shape index (κ1) is 14.8. The number of nitrogens with zero attached hydrogens (tertiary/aromatic N) is 1. The molecule has 0 aromatic rings. The van der Waals surface area contributed by atoms with Gasteiger partial charge in [0.15, 0.2) is 0 Å². The Kier molecular flexibility index (Phi) is 5.96. The summed E-state index contributed by atoms with van der Waals surface area (Å²) in [6.07, 6.45) is 9.11. The number of hydrogen-bond donors (Lipinski definition) is 1. The van der Waals surface area contributed by atoms with Crippen LogP contribution in [0.15, 0.2) is 23.9 Å². The summed E-state index contributed by atoms with van der Waals surface area (Å²) in [7, 11) is 0. The maximum absolute atomic E-state index is 11.0. The summed E-state index contributed by atoms with van der Waals surface area (Å²) in [6.45, 7) is 8.38. The number of hydrogen-bond acceptors (Lipinski definition) is 2. The van der Waals surface area contributed by atoms with Crippen molar-refractivity contribution in [2.24, 2.45) is 11.8 Å². The number of carboxylic acids is 1. The zero-order valence-electron chi connectivity index (χ0n) is 11.7. The number of carboxylic acid groups (broad SMARTS) is 1. The van der Waals surface area contributed by atoms with Crippen molar-refractivity contribution in [3.63, 3.8) is 0 Å². The molecule has 0 aromatic heterocycles. The van der Waals surface area contributed by atoms with E-state index in [2.05, 4.69) is 37.8 Å². The lowest BCUT2D eigenvalue weighted by Crippen LogP contribution is -2.26.